The molecule has 0 aliphatic heterocycles. The van der Waals surface area contributed by atoms with Crippen molar-refractivity contribution in [1.29, 1.82) is 0 Å². The van der Waals surface area contributed by atoms with Crippen LogP contribution in [0.25, 0.3) is 0 Å². The Morgan fingerprint density at radius 1 is 1.15 bits per heavy atom. The van der Waals surface area contributed by atoms with Crippen molar-refractivity contribution >= 4 is 11.7 Å². The molecule has 5 nitrogen and oxygen atoms in total. The summed E-state index contributed by atoms with van der Waals surface area (Å²) in [6.45, 7) is 9.33. The second-order valence-corrected chi connectivity index (χ2v) is 5.58. The number of aliphatic hydroxyl groups is 1. The SMILES string of the molecule is CCC(=O)C(C)(CC)OCCC(C)(CC)NC(=O)CO. The van der Waals surface area contributed by atoms with Crippen LogP contribution in [0.5, 0.6) is 0 Å². The summed E-state index contributed by atoms with van der Waals surface area (Å²) in [6.07, 6.45) is 2.41. The van der Waals surface area contributed by atoms with Crippen molar-refractivity contribution in [2.75, 3.05) is 13.2 Å². The lowest BCUT2D eigenvalue weighted by Gasteiger charge is -2.32. The van der Waals surface area contributed by atoms with E-state index in [1.807, 2.05) is 34.6 Å². The monoisotopic (exact) mass is 287 g/mol. The van der Waals surface area contributed by atoms with Gasteiger partial charge < -0.3 is 15.2 Å². The van der Waals surface area contributed by atoms with Crippen molar-refractivity contribution in [2.45, 2.75) is 71.4 Å². The molecule has 0 aliphatic carbocycles. The summed E-state index contributed by atoms with van der Waals surface area (Å²) >= 11 is 0. The Bertz CT molecular complexity index is 332. The van der Waals surface area contributed by atoms with Gasteiger partial charge in [0.15, 0.2) is 5.78 Å². The number of nitrogens with one attached hydrogen (secondary N) is 1. The minimum atomic E-state index is -0.746. The summed E-state index contributed by atoms with van der Waals surface area (Å²) in [4.78, 5) is 23.2. The Kier molecular flexibility index (Phi) is 7.98. The van der Waals surface area contributed by atoms with Gasteiger partial charge in [-0.1, -0.05) is 20.8 Å². The average Bonchev–Trinajstić information content (AvgIpc) is 2.45. The van der Waals surface area contributed by atoms with Crippen LogP contribution in [0.1, 0.15) is 60.3 Å². The number of ether oxygens (including phenoxy) is 1. The van der Waals surface area contributed by atoms with Gasteiger partial charge in [0.25, 0.3) is 0 Å². The van der Waals surface area contributed by atoms with Crippen LogP contribution in [0.4, 0.5) is 0 Å². The highest BCUT2D eigenvalue weighted by atomic mass is 16.5. The largest absolute Gasteiger partial charge is 0.387 e. The van der Waals surface area contributed by atoms with Crippen LogP contribution in [0.3, 0.4) is 0 Å². The number of hydrogen-bond acceptors (Lipinski definition) is 4. The van der Waals surface area contributed by atoms with Gasteiger partial charge in [-0.25, -0.2) is 0 Å². The maximum atomic E-state index is 11.9. The molecular formula is C15H29NO4. The fraction of sp³-hybridized carbons (Fsp3) is 0.867. The molecule has 5 heteroatoms. The van der Waals surface area contributed by atoms with E-state index in [1.165, 1.54) is 0 Å². The number of ketones is 1. The van der Waals surface area contributed by atoms with Crippen LogP contribution in [-0.2, 0) is 14.3 Å². The zero-order chi connectivity index (χ0) is 15.8. The number of carbonyl (C=O) groups excluding carboxylic acids is 2. The molecule has 0 heterocycles. The lowest BCUT2D eigenvalue weighted by molar-refractivity contribution is -0.144. The van der Waals surface area contributed by atoms with Crippen molar-refractivity contribution in [3.8, 4) is 0 Å². The second-order valence-electron chi connectivity index (χ2n) is 5.58. The molecule has 0 bridgehead atoms. The number of aliphatic hydroxyl groups excluding tert-OH is 1. The van der Waals surface area contributed by atoms with Crippen molar-refractivity contribution < 1.29 is 19.4 Å². The predicted octanol–water partition coefficient (Wildman–Crippen LogP) is 1.82. The van der Waals surface area contributed by atoms with Gasteiger partial charge in [-0.05, 0) is 33.1 Å². The van der Waals surface area contributed by atoms with E-state index in [0.717, 1.165) is 6.42 Å². The molecule has 20 heavy (non-hydrogen) atoms. The van der Waals surface area contributed by atoms with Crippen molar-refractivity contribution in [1.82, 2.24) is 5.32 Å². The van der Waals surface area contributed by atoms with Crippen LogP contribution < -0.4 is 5.32 Å². The minimum absolute atomic E-state index is 0.0950. The number of rotatable bonds is 10. The molecule has 0 aromatic carbocycles. The van der Waals surface area contributed by atoms with E-state index in [4.69, 9.17) is 9.84 Å². The van der Waals surface area contributed by atoms with Crippen molar-refractivity contribution in [3.63, 3.8) is 0 Å². The zero-order valence-electron chi connectivity index (χ0n) is 13.4. The van der Waals surface area contributed by atoms with Crippen LogP contribution >= 0.6 is 0 Å². The summed E-state index contributed by atoms with van der Waals surface area (Å²) in [5.41, 5.74) is -1.17. The summed E-state index contributed by atoms with van der Waals surface area (Å²) in [5.74, 6) is -0.296. The standard InChI is InChI=1S/C15H29NO4/c1-6-12(18)15(5,8-3)20-10-9-14(4,7-2)16-13(19)11-17/h17H,6-11H2,1-5H3,(H,16,19). The minimum Gasteiger partial charge on any atom is -0.387 e. The number of amides is 1. The Morgan fingerprint density at radius 3 is 2.15 bits per heavy atom. The smallest absolute Gasteiger partial charge is 0.246 e. The summed E-state index contributed by atoms with van der Waals surface area (Å²) in [7, 11) is 0. The summed E-state index contributed by atoms with van der Waals surface area (Å²) < 4.78 is 5.78. The van der Waals surface area contributed by atoms with Crippen LogP contribution in [0, 0.1) is 0 Å². The molecule has 118 valence electrons. The Hall–Kier alpha value is -0.940. The van der Waals surface area contributed by atoms with Gasteiger partial charge in [-0.15, -0.1) is 0 Å². The van der Waals surface area contributed by atoms with Crippen LogP contribution in [0.2, 0.25) is 0 Å². The van der Waals surface area contributed by atoms with Gasteiger partial charge in [-0.2, -0.15) is 0 Å². The first-order valence-corrected chi connectivity index (χ1v) is 7.36. The highest BCUT2D eigenvalue weighted by molar-refractivity contribution is 5.86. The summed E-state index contributed by atoms with van der Waals surface area (Å²) in [5, 5.41) is 11.6. The highest BCUT2D eigenvalue weighted by Gasteiger charge is 2.32. The van der Waals surface area contributed by atoms with Gasteiger partial charge in [0.2, 0.25) is 5.91 Å². The maximum Gasteiger partial charge on any atom is 0.246 e. The second kappa shape index (κ2) is 8.37. The topological polar surface area (TPSA) is 75.6 Å². The number of carbonyl (C=O) groups is 2. The molecule has 2 N–H and O–H groups in total. The first-order chi connectivity index (χ1) is 9.26. The molecule has 0 radical (unpaired) electrons. The summed E-state index contributed by atoms with van der Waals surface area (Å²) in [6, 6.07) is 0. The molecule has 0 aromatic heterocycles. The number of hydrogen-bond donors (Lipinski definition) is 2. The fourth-order valence-corrected chi connectivity index (χ4v) is 1.96. The number of Topliss-reactive ketones (excluding diaryl/α,β-unsaturated/α-hetero) is 1. The molecule has 0 spiro atoms. The molecular weight excluding hydrogens is 258 g/mol. The van der Waals surface area contributed by atoms with Gasteiger partial charge in [0, 0.05) is 12.0 Å². The lowest BCUT2D eigenvalue weighted by atomic mass is 9.93. The third-order valence-corrected chi connectivity index (χ3v) is 4.03. The molecule has 0 fully saturated rings. The molecule has 2 unspecified atom stereocenters. The van der Waals surface area contributed by atoms with E-state index >= 15 is 0 Å². The van der Waals surface area contributed by atoms with E-state index in [2.05, 4.69) is 5.32 Å². The quantitative estimate of drug-likeness (QED) is 0.642. The molecule has 0 aliphatic rings. The van der Waals surface area contributed by atoms with Gasteiger partial charge in [0.05, 0.1) is 6.61 Å². The lowest BCUT2D eigenvalue weighted by Crippen LogP contribution is -2.48. The predicted molar refractivity (Wildman–Crippen MR) is 78.5 cm³/mol. The zero-order valence-corrected chi connectivity index (χ0v) is 13.4. The molecule has 0 rings (SSSR count). The van der Waals surface area contributed by atoms with Crippen molar-refractivity contribution in [3.05, 3.63) is 0 Å². The van der Waals surface area contributed by atoms with Gasteiger partial charge >= 0.3 is 0 Å². The normalized spacial score (nSPS) is 17.1. The molecule has 0 saturated carbocycles. The Labute approximate surface area is 122 Å². The van der Waals surface area contributed by atoms with Gasteiger partial charge in [0.1, 0.15) is 12.2 Å². The highest BCUT2D eigenvalue weighted by Crippen LogP contribution is 2.21. The Morgan fingerprint density at radius 2 is 1.75 bits per heavy atom. The van der Waals surface area contributed by atoms with Crippen LogP contribution in [0.15, 0.2) is 0 Å². The fourth-order valence-electron chi connectivity index (χ4n) is 1.96. The molecule has 2 atom stereocenters. The third-order valence-electron chi connectivity index (χ3n) is 4.03. The van der Waals surface area contributed by atoms with E-state index in [-0.39, 0.29) is 5.78 Å². The van der Waals surface area contributed by atoms with Crippen molar-refractivity contribution in [2.24, 2.45) is 0 Å². The molecule has 0 aromatic rings. The molecule has 1 amide bonds. The Balaban J connectivity index is 4.51. The first-order valence-electron chi connectivity index (χ1n) is 7.36. The van der Waals surface area contributed by atoms with E-state index in [9.17, 15) is 9.59 Å². The van der Waals surface area contributed by atoms with E-state index < -0.39 is 23.7 Å². The average molecular weight is 287 g/mol. The van der Waals surface area contributed by atoms with Crippen LogP contribution in [-0.4, -0.2) is 41.2 Å². The first kappa shape index (κ1) is 19.1. The third kappa shape index (κ3) is 5.59. The molecule has 0 saturated heterocycles. The van der Waals surface area contributed by atoms with E-state index in [1.54, 1.807) is 0 Å². The van der Waals surface area contributed by atoms with E-state index in [0.29, 0.717) is 25.9 Å². The van der Waals surface area contributed by atoms with Gasteiger partial charge in [-0.3, -0.25) is 9.59 Å². The maximum absolute atomic E-state index is 11.9.